The minimum Gasteiger partial charge on any atom is -0.324 e. The summed E-state index contributed by atoms with van der Waals surface area (Å²) in [4.78, 5) is 2.60. The zero-order chi connectivity index (χ0) is 14.8. The zero-order valence-corrected chi connectivity index (χ0v) is 13.5. The van der Waals surface area contributed by atoms with Crippen LogP contribution in [0.5, 0.6) is 0 Å². The van der Waals surface area contributed by atoms with Crippen molar-refractivity contribution in [1.82, 2.24) is 4.90 Å². The maximum absolute atomic E-state index is 6.41. The second kappa shape index (κ2) is 6.28. The van der Waals surface area contributed by atoms with E-state index in [2.05, 4.69) is 62.9 Å². The van der Waals surface area contributed by atoms with E-state index in [9.17, 15) is 0 Å². The molecule has 1 aromatic rings. The standard InChI is InChI=1S/C18H30N2/c1-14(17(19)15-8-6-5-7-9-15)12-20-11-10-16(13-20)18(2,3)4/h5-9,14,16-17H,10-13,19H2,1-4H3. The molecular formula is C18H30N2. The van der Waals surface area contributed by atoms with Crippen molar-refractivity contribution in [2.45, 2.75) is 40.2 Å². The molecule has 2 N–H and O–H groups in total. The van der Waals surface area contributed by atoms with Gasteiger partial charge < -0.3 is 10.6 Å². The number of rotatable bonds is 4. The van der Waals surface area contributed by atoms with Crippen molar-refractivity contribution in [2.75, 3.05) is 19.6 Å². The molecule has 2 rings (SSSR count). The molecule has 0 aromatic heterocycles. The van der Waals surface area contributed by atoms with E-state index >= 15 is 0 Å². The van der Waals surface area contributed by atoms with Crippen LogP contribution in [0, 0.1) is 17.3 Å². The third-order valence-electron chi connectivity index (χ3n) is 4.84. The Bertz CT molecular complexity index is 407. The normalized spacial score (nSPS) is 23.8. The third-order valence-corrected chi connectivity index (χ3v) is 4.84. The predicted octanol–water partition coefficient (Wildman–Crippen LogP) is 3.69. The van der Waals surface area contributed by atoms with Crippen LogP contribution < -0.4 is 5.73 Å². The summed E-state index contributed by atoms with van der Waals surface area (Å²) in [5.74, 6) is 1.32. The van der Waals surface area contributed by atoms with E-state index in [1.165, 1.54) is 25.1 Å². The predicted molar refractivity (Wildman–Crippen MR) is 86.5 cm³/mol. The van der Waals surface area contributed by atoms with Crippen molar-refractivity contribution >= 4 is 0 Å². The summed E-state index contributed by atoms with van der Waals surface area (Å²) in [5.41, 5.74) is 8.10. The van der Waals surface area contributed by atoms with Gasteiger partial charge in [0.05, 0.1) is 0 Å². The first-order valence-corrected chi connectivity index (χ1v) is 7.91. The van der Waals surface area contributed by atoms with E-state index in [0.29, 0.717) is 11.3 Å². The van der Waals surface area contributed by atoms with Gasteiger partial charge in [-0.2, -0.15) is 0 Å². The number of hydrogen-bond acceptors (Lipinski definition) is 2. The number of benzene rings is 1. The highest BCUT2D eigenvalue weighted by molar-refractivity contribution is 5.19. The van der Waals surface area contributed by atoms with Gasteiger partial charge in [-0.1, -0.05) is 58.0 Å². The molecule has 3 atom stereocenters. The van der Waals surface area contributed by atoms with Crippen LogP contribution >= 0.6 is 0 Å². The summed E-state index contributed by atoms with van der Waals surface area (Å²) in [6.45, 7) is 12.9. The van der Waals surface area contributed by atoms with Crippen LogP contribution in [0.3, 0.4) is 0 Å². The zero-order valence-electron chi connectivity index (χ0n) is 13.5. The molecule has 0 spiro atoms. The fourth-order valence-corrected chi connectivity index (χ4v) is 3.23. The Kier molecular flexibility index (Phi) is 4.87. The Morgan fingerprint density at radius 1 is 1.25 bits per heavy atom. The molecule has 1 aromatic carbocycles. The highest BCUT2D eigenvalue weighted by Crippen LogP contribution is 2.34. The van der Waals surface area contributed by atoms with Crippen LogP contribution in [0.4, 0.5) is 0 Å². The second-order valence-corrected chi connectivity index (χ2v) is 7.52. The summed E-state index contributed by atoms with van der Waals surface area (Å²) in [7, 11) is 0. The number of nitrogens with zero attached hydrogens (tertiary/aromatic N) is 1. The Morgan fingerprint density at radius 3 is 2.45 bits per heavy atom. The molecule has 3 unspecified atom stereocenters. The van der Waals surface area contributed by atoms with E-state index in [-0.39, 0.29) is 6.04 Å². The Labute approximate surface area is 124 Å². The lowest BCUT2D eigenvalue weighted by Crippen LogP contribution is -2.33. The highest BCUT2D eigenvalue weighted by atomic mass is 15.1. The van der Waals surface area contributed by atoms with Crippen molar-refractivity contribution in [3.63, 3.8) is 0 Å². The van der Waals surface area contributed by atoms with E-state index in [0.717, 1.165) is 12.5 Å². The van der Waals surface area contributed by atoms with Crippen LogP contribution in [-0.2, 0) is 0 Å². The molecule has 2 nitrogen and oxygen atoms in total. The van der Waals surface area contributed by atoms with Crippen molar-refractivity contribution in [3.8, 4) is 0 Å². The lowest BCUT2D eigenvalue weighted by molar-refractivity contribution is 0.210. The minimum absolute atomic E-state index is 0.143. The highest BCUT2D eigenvalue weighted by Gasteiger charge is 2.32. The lowest BCUT2D eigenvalue weighted by atomic mass is 9.80. The molecule has 20 heavy (non-hydrogen) atoms. The number of hydrogen-bond donors (Lipinski definition) is 1. The van der Waals surface area contributed by atoms with Crippen molar-refractivity contribution in [3.05, 3.63) is 35.9 Å². The Hall–Kier alpha value is -0.860. The quantitative estimate of drug-likeness (QED) is 0.907. The average molecular weight is 274 g/mol. The molecule has 112 valence electrons. The van der Waals surface area contributed by atoms with Crippen molar-refractivity contribution in [1.29, 1.82) is 0 Å². The van der Waals surface area contributed by atoms with Gasteiger partial charge >= 0.3 is 0 Å². The largest absolute Gasteiger partial charge is 0.324 e. The van der Waals surface area contributed by atoms with Crippen LogP contribution in [0.1, 0.15) is 45.7 Å². The van der Waals surface area contributed by atoms with E-state index in [1.807, 2.05) is 0 Å². The second-order valence-electron chi connectivity index (χ2n) is 7.52. The maximum atomic E-state index is 6.41. The third kappa shape index (κ3) is 3.83. The molecule has 0 saturated carbocycles. The van der Waals surface area contributed by atoms with E-state index in [1.54, 1.807) is 0 Å². The Balaban J connectivity index is 1.88. The van der Waals surface area contributed by atoms with Gasteiger partial charge in [0.15, 0.2) is 0 Å². The van der Waals surface area contributed by atoms with E-state index < -0.39 is 0 Å². The molecule has 1 fully saturated rings. The number of likely N-dealkylation sites (tertiary alicyclic amines) is 1. The molecule has 1 heterocycles. The van der Waals surface area contributed by atoms with Crippen LogP contribution in [0.25, 0.3) is 0 Å². The van der Waals surface area contributed by atoms with Gasteiger partial charge in [0.25, 0.3) is 0 Å². The Morgan fingerprint density at radius 2 is 1.90 bits per heavy atom. The van der Waals surface area contributed by atoms with Gasteiger partial charge in [-0.25, -0.2) is 0 Å². The van der Waals surface area contributed by atoms with Gasteiger partial charge in [-0.3, -0.25) is 0 Å². The van der Waals surface area contributed by atoms with Gasteiger partial charge in [0.2, 0.25) is 0 Å². The molecule has 1 aliphatic rings. The molecule has 0 aliphatic carbocycles. The van der Waals surface area contributed by atoms with Crippen LogP contribution in [-0.4, -0.2) is 24.5 Å². The minimum atomic E-state index is 0.143. The summed E-state index contributed by atoms with van der Waals surface area (Å²) >= 11 is 0. The fourth-order valence-electron chi connectivity index (χ4n) is 3.23. The van der Waals surface area contributed by atoms with Gasteiger partial charge in [-0.05, 0) is 35.8 Å². The van der Waals surface area contributed by atoms with E-state index in [4.69, 9.17) is 5.73 Å². The van der Waals surface area contributed by atoms with Crippen molar-refractivity contribution in [2.24, 2.45) is 23.0 Å². The van der Waals surface area contributed by atoms with Crippen LogP contribution in [0.15, 0.2) is 30.3 Å². The van der Waals surface area contributed by atoms with Gasteiger partial charge in [-0.15, -0.1) is 0 Å². The molecule has 1 saturated heterocycles. The molecule has 0 radical (unpaired) electrons. The lowest BCUT2D eigenvalue weighted by Gasteiger charge is -2.29. The van der Waals surface area contributed by atoms with Gasteiger partial charge in [0, 0.05) is 19.1 Å². The fraction of sp³-hybridized carbons (Fsp3) is 0.667. The molecule has 0 bridgehead atoms. The molecule has 0 amide bonds. The average Bonchev–Trinajstić information content (AvgIpc) is 2.87. The summed E-state index contributed by atoms with van der Waals surface area (Å²) < 4.78 is 0. The van der Waals surface area contributed by atoms with Crippen LogP contribution in [0.2, 0.25) is 0 Å². The number of nitrogens with two attached hydrogens (primary N) is 1. The summed E-state index contributed by atoms with van der Waals surface area (Å²) in [5, 5.41) is 0. The SMILES string of the molecule is CC(CN1CCC(C(C)(C)C)C1)C(N)c1ccccc1. The first kappa shape index (κ1) is 15.5. The molecular weight excluding hydrogens is 244 g/mol. The smallest absolute Gasteiger partial charge is 0.0333 e. The maximum Gasteiger partial charge on any atom is 0.0333 e. The summed E-state index contributed by atoms with van der Waals surface area (Å²) in [6.07, 6.45) is 1.33. The molecule has 2 heteroatoms. The topological polar surface area (TPSA) is 29.3 Å². The van der Waals surface area contributed by atoms with Crippen molar-refractivity contribution < 1.29 is 0 Å². The van der Waals surface area contributed by atoms with Gasteiger partial charge in [0.1, 0.15) is 0 Å². The first-order chi connectivity index (χ1) is 9.38. The first-order valence-electron chi connectivity index (χ1n) is 7.91. The monoisotopic (exact) mass is 274 g/mol. The summed E-state index contributed by atoms with van der Waals surface area (Å²) in [6, 6.07) is 10.6. The molecule has 1 aliphatic heterocycles.